The number of nitrogens with zero attached hydrogens (tertiary/aromatic N) is 1. The fraction of sp³-hybridized carbons (Fsp3) is 1.00. The highest BCUT2D eigenvalue weighted by Crippen LogP contribution is 2.42. The van der Waals surface area contributed by atoms with E-state index in [0.717, 1.165) is 26.1 Å². The summed E-state index contributed by atoms with van der Waals surface area (Å²) in [4.78, 5) is 2.56. The van der Waals surface area contributed by atoms with Gasteiger partial charge in [-0.1, -0.05) is 0 Å². The number of halogens is 2. The van der Waals surface area contributed by atoms with Crippen molar-refractivity contribution in [3.05, 3.63) is 0 Å². The van der Waals surface area contributed by atoms with Gasteiger partial charge in [0.15, 0.2) is 0 Å². The maximum Gasteiger partial charge on any atom is 0.248 e. The first-order valence-electron chi connectivity index (χ1n) is 8.06. The molecule has 5 heteroatoms. The molecule has 1 saturated carbocycles. The van der Waals surface area contributed by atoms with E-state index in [9.17, 15) is 8.78 Å². The van der Waals surface area contributed by atoms with E-state index < -0.39 is 5.92 Å². The zero-order valence-corrected chi connectivity index (χ0v) is 12.1. The van der Waals surface area contributed by atoms with Gasteiger partial charge >= 0.3 is 0 Å². The van der Waals surface area contributed by atoms with Crippen molar-refractivity contribution in [3.63, 3.8) is 0 Å². The molecule has 2 saturated heterocycles. The molecule has 3 nitrogen and oxygen atoms in total. The molecule has 1 N–H and O–H groups in total. The van der Waals surface area contributed by atoms with Gasteiger partial charge in [0.25, 0.3) is 0 Å². The molecule has 116 valence electrons. The van der Waals surface area contributed by atoms with Gasteiger partial charge in [-0.3, -0.25) is 4.90 Å². The summed E-state index contributed by atoms with van der Waals surface area (Å²) >= 11 is 0. The minimum Gasteiger partial charge on any atom is -0.377 e. The smallest absolute Gasteiger partial charge is 0.248 e. The first-order chi connectivity index (χ1) is 9.62. The van der Waals surface area contributed by atoms with Gasteiger partial charge in [-0.05, 0) is 51.2 Å². The summed E-state index contributed by atoms with van der Waals surface area (Å²) in [5.74, 6) is -2.33. The Bertz CT molecular complexity index is 313. The van der Waals surface area contributed by atoms with Crippen molar-refractivity contribution >= 4 is 0 Å². The Kier molecular flexibility index (Phi) is 4.58. The standard InChI is InChI=1S/C15H26F2N2O/c16-15(17)8-12(9-15)11-20-14-2-1-7-19(10-14)13-3-5-18-6-4-13/h12-14,18H,1-11H2. The lowest BCUT2D eigenvalue weighted by atomic mass is 9.82. The largest absolute Gasteiger partial charge is 0.377 e. The van der Waals surface area contributed by atoms with E-state index in [0.29, 0.717) is 12.6 Å². The minimum absolute atomic E-state index is 0.0255. The van der Waals surface area contributed by atoms with E-state index in [-0.39, 0.29) is 24.9 Å². The van der Waals surface area contributed by atoms with Crippen molar-refractivity contribution < 1.29 is 13.5 Å². The minimum atomic E-state index is -2.41. The number of rotatable bonds is 4. The van der Waals surface area contributed by atoms with Gasteiger partial charge in [0.2, 0.25) is 5.92 Å². The molecule has 3 fully saturated rings. The van der Waals surface area contributed by atoms with Crippen molar-refractivity contribution in [3.8, 4) is 0 Å². The first-order valence-corrected chi connectivity index (χ1v) is 8.06. The highest BCUT2D eigenvalue weighted by molar-refractivity contribution is 4.87. The van der Waals surface area contributed by atoms with E-state index >= 15 is 0 Å². The Hall–Kier alpha value is -0.260. The van der Waals surface area contributed by atoms with Crippen LogP contribution >= 0.6 is 0 Å². The van der Waals surface area contributed by atoms with E-state index in [4.69, 9.17) is 4.74 Å². The topological polar surface area (TPSA) is 24.5 Å². The number of alkyl halides is 2. The molecule has 2 heterocycles. The van der Waals surface area contributed by atoms with Gasteiger partial charge in [0.05, 0.1) is 12.7 Å². The van der Waals surface area contributed by atoms with Crippen molar-refractivity contribution in [2.45, 2.75) is 56.6 Å². The maximum absolute atomic E-state index is 12.8. The molecule has 1 atom stereocenters. The van der Waals surface area contributed by atoms with Gasteiger partial charge in [-0.15, -0.1) is 0 Å². The Morgan fingerprint density at radius 2 is 1.90 bits per heavy atom. The average Bonchev–Trinajstić information content (AvgIpc) is 2.44. The summed E-state index contributed by atoms with van der Waals surface area (Å²) in [5.41, 5.74) is 0. The summed E-state index contributed by atoms with van der Waals surface area (Å²) in [6.07, 6.45) is 5.02. The van der Waals surface area contributed by atoms with E-state index in [1.54, 1.807) is 0 Å². The Labute approximate surface area is 120 Å². The number of piperidine rings is 2. The third-order valence-electron chi connectivity index (χ3n) is 4.98. The van der Waals surface area contributed by atoms with Crippen LogP contribution in [0.15, 0.2) is 0 Å². The highest BCUT2D eigenvalue weighted by atomic mass is 19.3. The number of hydrogen-bond donors (Lipinski definition) is 1. The van der Waals surface area contributed by atoms with Gasteiger partial charge in [0.1, 0.15) is 0 Å². The van der Waals surface area contributed by atoms with Crippen molar-refractivity contribution in [1.82, 2.24) is 10.2 Å². The molecule has 0 aromatic rings. The van der Waals surface area contributed by atoms with Gasteiger partial charge in [-0.2, -0.15) is 0 Å². The lowest BCUT2D eigenvalue weighted by Gasteiger charge is -2.41. The molecule has 20 heavy (non-hydrogen) atoms. The van der Waals surface area contributed by atoms with Crippen molar-refractivity contribution in [1.29, 1.82) is 0 Å². The van der Waals surface area contributed by atoms with Gasteiger partial charge in [0, 0.05) is 25.4 Å². The first kappa shape index (κ1) is 14.7. The second-order valence-electron chi connectivity index (χ2n) is 6.70. The van der Waals surface area contributed by atoms with Crippen LogP contribution in [-0.4, -0.2) is 55.8 Å². The summed E-state index contributed by atoms with van der Waals surface area (Å²) < 4.78 is 31.5. The number of hydrogen-bond acceptors (Lipinski definition) is 3. The maximum atomic E-state index is 12.8. The molecule has 0 radical (unpaired) electrons. The monoisotopic (exact) mass is 288 g/mol. The van der Waals surface area contributed by atoms with E-state index in [2.05, 4.69) is 10.2 Å². The molecule has 3 rings (SSSR count). The van der Waals surface area contributed by atoms with Crippen LogP contribution < -0.4 is 5.32 Å². The van der Waals surface area contributed by atoms with Crippen LogP contribution in [0.4, 0.5) is 8.78 Å². The fourth-order valence-corrected chi connectivity index (χ4v) is 3.78. The summed E-state index contributed by atoms with van der Waals surface area (Å²) in [7, 11) is 0. The highest BCUT2D eigenvalue weighted by Gasteiger charge is 2.45. The van der Waals surface area contributed by atoms with Gasteiger partial charge in [-0.25, -0.2) is 8.78 Å². The lowest BCUT2D eigenvalue weighted by Crippen LogP contribution is -2.49. The third kappa shape index (κ3) is 3.68. The average molecular weight is 288 g/mol. The predicted octanol–water partition coefficient (Wildman–Crippen LogP) is 2.26. The van der Waals surface area contributed by atoms with Crippen LogP contribution in [0.3, 0.4) is 0 Å². The zero-order chi connectivity index (χ0) is 14.0. The summed E-state index contributed by atoms with van der Waals surface area (Å²) in [6, 6.07) is 0.690. The quantitative estimate of drug-likeness (QED) is 0.859. The lowest BCUT2D eigenvalue weighted by molar-refractivity contribution is -0.139. The van der Waals surface area contributed by atoms with Crippen molar-refractivity contribution in [2.24, 2.45) is 5.92 Å². The van der Waals surface area contributed by atoms with Crippen LogP contribution in [0.1, 0.15) is 38.5 Å². The molecular weight excluding hydrogens is 262 g/mol. The Morgan fingerprint density at radius 1 is 1.15 bits per heavy atom. The molecule has 0 aromatic carbocycles. The fourth-order valence-electron chi connectivity index (χ4n) is 3.78. The van der Waals surface area contributed by atoms with Crippen LogP contribution in [0.5, 0.6) is 0 Å². The van der Waals surface area contributed by atoms with E-state index in [1.165, 1.54) is 25.8 Å². The third-order valence-corrected chi connectivity index (χ3v) is 4.98. The summed E-state index contributed by atoms with van der Waals surface area (Å²) in [5, 5.41) is 3.40. The molecule has 2 aliphatic heterocycles. The van der Waals surface area contributed by atoms with Crippen LogP contribution in [0.25, 0.3) is 0 Å². The van der Waals surface area contributed by atoms with Crippen LogP contribution in [0.2, 0.25) is 0 Å². The molecule has 1 aliphatic carbocycles. The Balaban J connectivity index is 1.39. The SMILES string of the molecule is FC1(F)CC(COC2CCCN(C3CCNCC3)C2)C1. The molecule has 0 bridgehead atoms. The molecule has 0 aromatic heterocycles. The predicted molar refractivity (Wildman–Crippen MR) is 74.1 cm³/mol. The Morgan fingerprint density at radius 3 is 2.60 bits per heavy atom. The van der Waals surface area contributed by atoms with Gasteiger partial charge < -0.3 is 10.1 Å². The molecule has 0 amide bonds. The van der Waals surface area contributed by atoms with Crippen LogP contribution in [-0.2, 0) is 4.74 Å². The molecule has 1 unspecified atom stereocenters. The van der Waals surface area contributed by atoms with E-state index in [1.807, 2.05) is 0 Å². The molecular formula is C15H26F2N2O. The molecule has 0 spiro atoms. The summed E-state index contributed by atoms with van der Waals surface area (Å²) in [6.45, 7) is 4.92. The van der Waals surface area contributed by atoms with Crippen molar-refractivity contribution in [2.75, 3.05) is 32.8 Å². The van der Waals surface area contributed by atoms with Crippen LogP contribution in [0, 0.1) is 5.92 Å². The second-order valence-corrected chi connectivity index (χ2v) is 6.70. The molecule has 3 aliphatic rings. The normalized spacial score (nSPS) is 33.0. The number of likely N-dealkylation sites (tertiary alicyclic amines) is 1. The number of ether oxygens (including phenoxy) is 1. The second kappa shape index (κ2) is 6.24. The zero-order valence-electron chi connectivity index (χ0n) is 12.1. The number of nitrogens with one attached hydrogen (secondary N) is 1.